The predicted octanol–water partition coefficient (Wildman–Crippen LogP) is 3.28. The van der Waals surface area contributed by atoms with Crippen molar-refractivity contribution in [3.63, 3.8) is 0 Å². The lowest BCUT2D eigenvalue weighted by atomic mass is 10.1. The molecule has 6 nitrogen and oxygen atoms in total. The molecule has 1 atom stereocenters. The number of aryl methyl sites for hydroxylation is 3. The van der Waals surface area contributed by atoms with Gasteiger partial charge in [-0.25, -0.2) is 9.78 Å². The molecule has 1 aliphatic heterocycles. The second-order valence-electron chi connectivity index (χ2n) is 7.04. The van der Waals surface area contributed by atoms with Crippen LogP contribution in [0, 0.1) is 13.8 Å². The van der Waals surface area contributed by atoms with Gasteiger partial charge in [0.25, 0.3) is 0 Å². The molecule has 2 amide bonds. The molecule has 0 spiro atoms. The highest BCUT2D eigenvalue weighted by Gasteiger charge is 2.25. The van der Waals surface area contributed by atoms with E-state index < -0.39 is 0 Å². The lowest BCUT2D eigenvalue weighted by Crippen LogP contribution is -2.48. The second kappa shape index (κ2) is 9.35. The summed E-state index contributed by atoms with van der Waals surface area (Å²) in [5.74, 6) is 1.30. The van der Waals surface area contributed by atoms with Gasteiger partial charge in [0.15, 0.2) is 0 Å². The van der Waals surface area contributed by atoms with Crippen LogP contribution in [0.5, 0.6) is 5.88 Å². The Kier molecular flexibility index (Phi) is 6.63. The molecule has 0 saturated carbocycles. The minimum absolute atomic E-state index is 0.00795. The quantitative estimate of drug-likeness (QED) is 0.795. The summed E-state index contributed by atoms with van der Waals surface area (Å²) in [6, 6.07) is 12.2. The van der Waals surface area contributed by atoms with Crippen LogP contribution in [0.25, 0.3) is 0 Å². The third-order valence-corrected chi connectivity index (χ3v) is 4.66. The van der Waals surface area contributed by atoms with Crippen LogP contribution in [0.4, 0.5) is 4.79 Å². The molecule has 3 rings (SSSR count). The molecule has 2 aromatic rings. The Balaban J connectivity index is 1.43. The molecular weight excluding hydrogens is 340 g/mol. The van der Waals surface area contributed by atoms with Gasteiger partial charge >= 0.3 is 6.03 Å². The van der Waals surface area contributed by atoms with Crippen LogP contribution in [-0.2, 0) is 6.42 Å². The maximum atomic E-state index is 12.4. The highest BCUT2D eigenvalue weighted by molar-refractivity contribution is 5.74. The van der Waals surface area contributed by atoms with Crippen LogP contribution in [0.3, 0.4) is 0 Å². The van der Waals surface area contributed by atoms with E-state index in [1.165, 1.54) is 5.56 Å². The number of benzene rings is 1. The molecule has 144 valence electrons. The zero-order valence-corrected chi connectivity index (χ0v) is 16.1. The van der Waals surface area contributed by atoms with E-state index in [0.717, 1.165) is 37.9 Å². The number of nitrogens with one attached hydrogen (secondary N) is 1. The smallest absolute Gasteiger partial charge is 0.317 e. The fourth-order valence-corrected chi connectivity index (χ4v) is 3.38. The number of carbonyl (C=O) groups excluding carboxylic acids is 1. The Bertz CT molecular complexity index is 731. The Morgan fingerprint density at radius 2 is 2.07 bits per heavy atom. The number of urea groups is 1. The molecular formula is C21H28N4O2. The van der Waals surface area contributed by atoms with Crippen molar-refractivity contribution >= 4 is 6.03 Å². The van der Waals surface area contributed by atoms with E-state index in [1.54, 1.807) is 0 Å². The molecule has 0 radical (unpaired) electrons. The number of rotatable bonds is 6. The number of nitrogens with zero attached hydrogens (tertiary/aromatic N) is 3. The first kappa shape index (κ1) is 19.1. The number of aromatic nitrogens is 2. The van der Waals surface area contributed by atoms with Crippen molar-refractivity contribution in [2.75, 3.05) is 19.6 Å². The lowest BCUT2D eigenvalue weighted by Gasteiger charge is -2.32. The van der Waals surface area contributed by atoms with Gasteiger partial charge in [-0.05, 0) is 45.1 Å². The van der Waals surface area contributed by atoms with Gasteiger partial charge in [-0.2, -0.15) is 4.98 Å². The van der Waals surface area contributed by atoms with Crippen molar-refractivity contribution in [1.82, 2.24) is 20.2 Å². The van der Waals surface area contributed by atoms with Crippen molar-refractivity contribution in [3.05, 3.63) is 53.5 Å². The summed E-state index contributed by atoms with van der Waals surface area (Å²) in [7, 11) is 0. The largest absolute Gasteiger partial charge is 0.472 e. The minimum Gasteiger partial charge on any atom is -0.472 e. The molecule has 1 fully saturated rings. The maximum absolute atomic E-state index is 12.4. The Morgan fingerprint density at radius 1 is 1.26 bits per heavy atom. The molecule has 0 aliphatic carbocycles. The van der Waals surface area contributed by atoms with Gasteiger partial charge in [-0.3, -0.25) is 0 Å². The highest BCUT2D eigenvalue weighted by Crippen LogP contribution is 2.17. The zero-order chi connectivity index (χ0) is 19.1. The number of likely N-dealkylation sites (tertiary alicyclic amines) is 1. The Labute approximate surface area is 161 Å². The van der Waals surface area contributed by atoms with Crippen molar-refractivity contribution < 1.29 is 9.53 Å². The normalized spacial score (nSPS) is 16.8. The SMILES string of the molecule is Cc1cc(OC2CCCN(C(=O)NCCCc3ccccc3)C2)nc(C)n1. The molecule has 27 heavy (non-hydrogen) atoms. The maximum Gasteiger partial charge on any atom is 0.317 e. The summed E-state index contributed by atoms with van der Waals surface area (Å²) >= 11 is 0. The molecule has 1 unspecified atom stereocenters. The van der Waals surface area contributed by atoms with Gasteiger partial charge < -0.3 is 15.0 Å². The standard InChI is InChI=1S/C21H28N4O2/c1-16-14-20(24-17(2)23-16)27-19-11-7-13-25(15-19)21(26)22-12-6-10-18-8-4-3-5-9-18/h3-5,8-9,14,19H,6-7,10-13,15H2,1-2H3,(H,22,26). The second-order valence-corrected chi connectivity index (χ2v) is 7.04. The van der Waals surface area contributed by atoms with Gasteiger partial charge in [0.1, 0.15) is 11.9 Å². The van der Waals surface area contributed by atoms with Crippen molar-refractivity contribution in [2.45, 2.75) is 45.6 Å². The third kappa shape index (κ3) is 5.94. The van der Waals surface area contributed by atoms with E-state index in [2.05, 4.69) is 27.4 Å². The van der Waals surface area contributed by atoms with E-state index in [0.29, 0.717) is 24.8 Å². The average Bonchev–Trinajstić information content (AvgIpc) is 2.65. The average molecular weight is 368 g/mol. The molecule has 1 aliphatic rings. The molecule has 1 aromatic heterocycles. The number of amides is 2. The topological polar surface area (TPSA) is 67.3 Å². The summed E-state index contributed by atoms with van der Waals surface area (Å²) in [5, 5.41) is 3.03. The lowest BCUT2D eigenvalue weighted by molar-refractivity contribution is 0.0975. The number of hydrogen-bond donors (Lipinski definition) is 1. The van der Waals surface area contributed by atoms with E-state index in [4.69, 9.17) is 4.74 Å². The van der Waals surface area contributed by atoms with E-state index >= 15 is 0 Å². The summed E-state index contributed by atoms with van der Waals surface area (Å²) in [4.78, 5) is 22.9. The number of carbonyl (C=O) groups is 1. The highest BCUT2D eigenvalue weighted by atomic mass is 16.5. The molecule has 1 aromatic carbocycles. The van der Waals surface area contributed by atoms with Gasteiger partial charge in [-0.1, -0.05) is 30.3 Å². The molecule has 0 bridgehead atoms. The summed E-state index contributed by atoms with van der Waals surface area (Å²) in [6.45, 7) is 5.83. The zero-order valence-electron chi connectivity index (χ0n) is 16.1. The molecule has 2 heterocycles. The van der Waals surface area contributed by atoms with Gasteiger partial charge in [-0.15, -0.1) is 0 Å². The Morgan fingerprint density at radius 3 is 2.85 bits per heavy atom. The minimum atomic E-state index is -0.0254. The van der Waals surface area contributed by atoms with Gasteiger partial charge in [0.05, 0.1) is 6.54 Å². The van der Waals surface area contributed by atoms with Crippen molar-refractivity contribution in [3.8, 4) is 5.88 Å². The predicted molar refractivity (Wildman–Crippen MR) is 105 cm³/mol. The monoisotopic (exact) mass is 368 g/mol. The summed E-state index contributed by atoms with van der Waals surface area (Å²) in [6.07, 6.45) is 3.75. The van der Waals surface area contributed by atoms with Crippen LogP contribution in [0.15, 0.2) is 36.4 Å². The fraction of sp³-hybridized carbons (Fsp3) is 0.476. The van der Waals surface area contributed by atoms with E-state index in [1.807, 2.05) is 43.0 Å². The first-order valence-corrected chi connectivity index (χ1v) is 9.66. The van der Waals surface area contributed by atoms with Crippen LogP contribution >= 0.6 is 0 Å². The molecule has 6 heteroatoms. The van der Waals surface area contributed by atoms with Crippen LogP contribution in [0.2, 0.25) is 0 Å². The fourth-order valence-electron chi connectivity index (χ4n) is 3.38. The summed E-state index contributed by atoms with van der Waals surface area (Å²) in [5.41, 5.74) is 2.19. The first-order valence-electron chi connectivity index (χ1n) is 9.66. The van der Waals surface area contributed by atoms with Crippen LogP contribution < -0.4 is 10.1 Å². The first-order chi connectivity index (χ1) is 13.1. The van der Waals surface area contributed by atoms with Gasteiger partial charge in [0, 0.05) is 24.8 Å². The van der Waals surface area contributed by atoms with Crippen LogP contribution in [0.1, 0.15) is 36.3 Å². The van der Waals surface area contributed by atoms with Crippen LogP contribution in [-0.4, -0.2) is 46.6 Å². The number of piperidine rings is 1. The summed E-state index contributed by atoms with van der Waals surface area (Å²) < 4.78 is 6.01. The van der Waals surface area contributed by atoms with Crippen molar-refractivity contribution in [2.24, 2.45) is 0 Å². The number of hydrogen-bond acceptors (Lipinski definition) is 4. The number of ether oxygens (including phenoxy) is 1. The molecule has 1 saturated heterocycles. The Hall–Kier alpha value is -2.63. The van der Waals surface area contributed by atoms with Crippen molar-refractivity contribution in [1.29, 1.82) is 0 Å². The third-order valence-electron chi connectivity index (χ3n) is 4.66. The van der Waals surface area contributed by atoms with E-state index in [9.17, 15) is 4.79 Å². The molecule has 1 N–H and O–H groups in total. The van der Waals surface area contributed by atoms with E-state index in [-0.39, 0.29) is 12.1 Å². The van der Waals surface area contributed by atoms with Gasteiger partial charge in [0.2, 0.25) is 5.88 Å².